The molecule has 1 aliphatic rings. The van der Waals surface area contributed by atoms with Crippen LogP contribution in [0, 0.1) is 0 Å². The third kappa shape index (κ3) is 4.09. The van der Waals surface area contributed by atoms with Crippen LogP contribution in [0.5, 0.6) is 0 Å². The van der Waals surface area contributed by atoms with Crippen molar-refractivity contribution in [2.24, 2.45) is 0 Å². The molecule has 1 amide bonds. The number of carbonyl (C=O) groups excluding carboxylic acids is 1. The van der Waals surface area contributed by atoms with Crippen LogP contribution >= 0.6 is 0 Å². The molecule has 0 unspecified atom stereocenters. The van der Waals surface area contributed by atoms with Gasteiger partial charge in [-0.15, -0.1) is 0 Å². The molecular formula is C21H25NO3. The quantitative estimate of drug-likeness (QED) is 0.880. The van der Waals surface area contributed by atoms with Gasteiger partial charge in [0.1, 0.15) is 0 Å². The van der Waals surface area contributed by atoms with Gasteiger partial charge in [-0.1, -0.05) is 60.7 Å². The van der Waals surface area contributed by atoms with E-state index in [1.165, 1.54) is 0 Å². The topological polar surface area (TPSA) is 49.8 Å². The Balaban J connectivity index is 1.82. The predicted molar refractivity (Wildman–Crippen MR) is 97.3 cm³/mol. The summed E-state index contributed by atoms with van der Waals surface area (Å²) in [6.45, 7) is 0.532. The van der Waals surface area contributed by atoms with Gasteiger partial charge < -0.3 is 14.7 Å². The lowest BCUT2D eigenvalue weighted by Crippen LogP contribution is -2.38. The number of nitrogens with zero attached hydrogens (tertiary/aromatic N) is 1. The van der Waals surface area contributed by atoms with Crippen molar-refractivity contribution in [2.45, 2.75) is 30.9 Å². The molecule has 2 atom stereocenters. The molecule has 4 heteroatoms. The maximum absolute atomic E-state index is 13.0. The summed E-state index contributed by atoms with van der Waals surface area (Å²) in [4.78, 5) is 14.8. The second-order valence-corrected chi connectivity index (χ2v) is 6.55. The highest BCUT2D eigenvalue weighted by atomic mass is 16.5. The highest BCUT2D eigenvalue weighted by molar-refractivity contribution is 5.78. The molecule has 0 aliphatic carbocycles. The number of hydrogen-bond acceptors (Lipinski definition) is 3. The summed E-state index contributed by atoms with van der Waals surface area (Å²) >= 11 is 0. The van der Waals surface area contributed by atoms with E-state index in [1.54, 1.807) is 12.0 Å². The summed E-state index contributed by atoms with van der Waals surface area (Å²) in [5.74, 6) is 0.0761. The molecule has 0 spiro atoms. The Morgan fingerprint density at radius 2 is 1.68 bits per heavy atom. The highest BCUT2D eigenvalue weighted by Crippen LogP contribution is 2.30. The van der Waals surface area contributed by atoms with Crippen molar-refractivity contribution >= 4 is 5.91 Å². The van der Waals surface area contributed by atoms with Crippen LogP contribution in [0.2, 0.25) is 0 Å². The summed E-state index contributed by atoms with van der Waals surface area (Å²) in [7, 11) is 1.66. The molecule has 2 aromatic rings. The van der Waals surface area contributed by atoms with E-state index >= 15 is 0 Å². The van der Waals surface area contributed by atoms with E-state index in [-0.39, 0.29) is 30.6 Å². The molecule has 0 bridgehead atoms. The van der Waals surface area contributed by atoms with Gasteiger partial charge in [-0.05, 0) is 17.5 Å². The molecule has 132 valence electrons. The third-order valence-corrected chi connectivity index (χ3v) is 5.02. The van der Waals surface area contributed by atoms with Gasteiger partial charge in [-0.2, -0.15) is 0 Å². The zero-order chi connectivity index (χ0) is 17.6. The zero-order valence-electron chi connectivity index (χ0n) is 14.5. The first-order valence-electron chi connectivity index (χ1n) is 8.76. The van der Waals surface area contributed by atoms with Crippen molar-refractivity contribution in [1.29, 1.82) is 0 Å². The van der Waals surface area contributed by atoms with Gasteiger partial charge >= 0.3 is 0 Å². The molecule has 3 rings (SSSR count). The number of benzene rings is 2. The normalized spacial score (nSPS) is 20.2. The van der Waals surface area contributed by atoms with Crippen LogP contribution in [0.4, 0.5) is 0 Å². The molecule has 1 fully saturated rings. The van der Waals surface area contributed by atoms with Crippen molar-refractivity contribution in [1.82, 2.24) is 4.90 Å². The Bertz CT molecular complexity index is 635. The Hall–Kier alpha value is -2.17. The van der Waals surface area contributed by atoms with E-state index in [0.717, 1.165) is 11.1 Å². The van der Waals surface area contributed by atoms with Crippen molar-refractivity contribution in [3.63, 3.8) is 0 Å². The second-order valence-electron chi connectivity index (χ2n) is 6.55. The summed E-state index contributed by atoms with van der Waals surface area (Å²) in [5.41, 5.74) is 2.26. The van der Waals surface area contributed by atoms with Crippen LogP contribution in [0.3, 0.4) is 0 Å². The van der Waals surface area contributed by atoms with Gasteiger partial charge in [-0.25, -0.2) is 0 Å². The van der Waals surface area contributed by atoms with Gasteiger partial charge in [-0.3, -0.25) is 4.79 Å². The zero-order valence-corrected chi connectivity index (χ0v) is 14.5. The first kappa shape index (κ1) is 17.6. The number of aliphatic hydroxyl groups excluding tert-OH is 1. The fourth-order valence-electron chi connectivity index (χ4n) is 3.61. The lowest BCUT2D eigenvalue weighted by atomic mass is 9.88. The average molecular weight is 339 g/mol. The van der Waals surface area contributed by atoms with Crippen molar-refractivity contribution in [2.75, 3.05) is 20.3 Å². The van der Waals surface area contributed by atoms with E-state index in [2.05, 4.69) is 24.3 Å². The number of carbonyl (C=O) groups is 1. The number of aliphatic hydroxyl groups is 1. The van der Waals surface area contributed by atoms with Crippen molar-refractivity contribution in [3.8, 4) is 0 Å². The molecule has 25 heavy (non-hydrogen) atoms. The second kappa shape index (κ2) is 8.28. The monoisotopic (exact) mass is 339 g/mol. The SMILES string of the molecule is CO[C@@H]1C[C@@H](CO)N(C(=O)CC(c2ccccc2)c2ccccc2)C1. The summed E-state index contributed by atoms with van der Waals surface area (Å²) in [6.07, 6.45) is 1.09. The number of ether oxygens (including phenoxy) is 1. The van der Waals surface area contributed by atoms with Crippen LogP contribution in [0.25, 0.3) is 0 Å². The smallest absolute Gasteiger partial charge is 0.223 e. The van der Waals surface area contributed by atoms with Crippen molar-refractivity contribution < 1.29 is 14.6 Å². The fraction of sp³-hybridized carbons (Fsp3) is 0.381. The predicted octanol–water partition coefficient (Wildman–Crippen LogP) is 2.82. The molecule has 1 saturated heterocycles. The van der Waals surface area contributed by atoms with E-state index in [0.29, 0.717) is 19.4 Å². The summed E-state index contributed by atoms with van der Waals surface area (Å²) in [6, 6.07) is 20.1. The first-order chi connectivity index (χ1) is 12.2. The van der Waals surface area contributed by atoms with Gasteiger partial charge in [0, 0.05) is 26.0 Å². The molecule has 1 heterocycles. The molecule has 1 N–H and O–H groups in total. The molecule has 4 nitrogen and oxygen atoms in total. The standard InChI is InChI=1S/C21H25NO3/c1-25-19-12-18(15-23)22(14-19)21(24)13-20(16-8-4-2-5-9-16)17-10-6-3-7-11-17/h2-11,18-20,23H,12-15H2,1H3/t18-,19+/m0/s1. The summed E-state index contributed by atoms with van der Waals surface area (Å²) in [5, 5.41) is 9.62. The van der Waals surface area contributed by atoms with E-state index in [9.17, 15) is 9.90 Å². The van der Waals surface area contributed by atoms with Gasteiger partial charge in [0.05, 0.1) is 18.8 Å². The lowest BCUT2D eigenvalue weighted by Gasteiger charge is -2.26. The number of likely N-dealkylation sites (tertiary alicyclic amines) is 1. The Labute approximate surface area is 149 Å². The number of rotatable bonds is 6. The molecule has 0 aromatic heterocycles. The van der Waals surface area contributed by atoms with Crippen LogP contribution in [0.15, 0.2) is 60.7 Å². The molecular weight excluding hydrogens is 314 g/mol. The third-order valence-electron chi connectivity index (χ3n) is 5.02. The van der Waals surface area contributed by atoms with Crippen LogP contribution < -0.4 is 0 Å². The van der Waals surface area contributed by atoms with E-state index in [1.807, 2.05) is 36.4 Å². The Morgan fingerprint density at radius 1 is 1.12 bits per heavy atom. The largest absolute Gasteiger partial charge is 0.394 e. The Kier molecular flexibility index (Phi) is 5.84. The minimum absolute atomic E-state index is 0.00741. The Morgan fingerprint density at radius 3 is 2.16 bits per heavy atom. The molecule has 2 aromatic carbocycles. The maximum Gasteiger partial charge on any atom is 0.223 e. The highest BCUT2D eigenvalue weighted by Gasteiger charge is 2.35. The minimum atomic E-state index is -0.148. The van der Waals surface area contributed by atoms with E-state index in [4.69, 9.17) is 4.74 Å². The molecule has 0 saturated carbocycles. The van der Waals surface area contributed by atoms with Gasteiger partial charge in [0.25, 0.3) is 0 Å². The first-order valence-corrected chi connectivity index (χ1v) is 8.76. The van der Waals surface area contributed by atoms with Crippen LogP contribution in [-0.2, 0) is 9.53 Å². The van der Waals surface area contributed by atoms with Gasteiger partial charge in [0.2, 0.25) is 5.91 Å². The molecule has 0 radical (unpaired) electrons. The minimum Gasteiger partial charge on any atom is -0.394 e. The van der Waals surface area contributed by atoms with Gasteiger partial charge in [0.15, 0.2) is 0 Å². The average Bonchev–Trinajstić information content (AvgIpc) is 3.11. The molecule has 1 aliphatic heterocycles. The fourth-order valence-corrected chi connectivity index (χ4v) is 3.61. The van der Waals surface area contributed by atoms with Crippen LogP contribution in [-0.4, -0.2) is 48.3 Å². The summed E-state index contributed by atoms with van der Waals surface area (Å²) < 4.78 is 5.39. The number of amides is 1. The van der Waals surface area contributed by atoms with Crippen LogP contribution in [0.1, 0.15) is 29.9 Å². The maximum atomic E-state index is 13.0. The van der Waals surface area contributed by atoms with Crippen molar-refractivity contribution in [3.05, 3.63) is 71.8 Å². The lowest BCUT2D eigenvalue weighted by molar-refractivity contribution is -0.133. The number of methoxy groups -OCH3 is 1. The number of hydrogen-bond donors (Lipinski definition) is 1. The van der Waals surface area contributed by atoms with E-state index < -0.39 is 0 Å².